The standard InChI is InChI=1S/C21H26O12/c1-5-21(9-31-18(28)12(2)6-15(22)23,10-32-19(29)13(3)7-16(24)25)11-33-20(30)14(4)8-17(26)27/h2-11H2,1H3,(H,22,23)(H,24,25)(H,26,27). The van der Waals surface area contributed by atoms with Crippen LogP contribution in [-0.2, 0) is 43.0 Å². The zero-order chi connectivity index (χ0) is 25.8. The molecule has 12 heteroatoms. The average molecular weight is 470 g/mol. The van der Waals surface area contributed by atoms with Crippen molar-refractivity contribution in [2.75, 3.05) is 19.8 Å². The summed E-state index contributed by atoms with van der Waals surface area (Å²) in [5, 5.41) is 26.2. The molecular weight excluding hydrogens is 444 g/mol. The summed E-state index contributed by atoms with van der Waals surface area (Å²) in [5.74, 6) is -7.06. The predicted molar refractivity (Wildman–Crippen MR) is 110 cm³/mol. The Morgan fingerprint density at radius 2 is 0.848 bits per heavy atom. The summed E-state index contributed by atoms with van der Waals surface area (Å²) in [6.07, 6.45) is -1.92. The van der Waals surface area contributed by atoms with Crippen molar-refractivity contribution < 1.29 is 58.3 Å². The van der Waals surface area contributed by atoms with E-state index < -0.39 is 80.3 Å². The highest BCUT2D eigenvalue weighted by molar-refractivity contribution is 5.94. The van der Waals surface area contributed by atoms with Gasteiger partial charge in [-0.1, -0.05) is 26.7 Å². The number of ether oxygens (including phenoxy) is 3. The van der Waals surface area contributed by atoms with E-state index in [4.69, 9.17) is 29.5 Å². The molecule has 0 radical (unpaired) electrons. The summed E-state index contributed by atoms with van der Waals surface area (Å²) in [6, 6.07) is 0. The number of rotatable bonds is 16. The molecule has 0 amide bonds. The van der Waals surface area contributed by atoms with Crippen LogP contribution in [0.25, 0.3) is 0 Å². The lowest BCUT2D eigenvalue weighted by molar-refractivity contribution is -0.159. The van der Waals surface area contributed by atoms with E-state index in [-0.39, 0.29) is 23.1 Å². The Kier molecular flexibility index (Phi) is 11.8. The molecule has 0 fully saturated rings. The molecule has 0 rings (SSSR count). The number of carboxylic acids is 3. The number of carbonyl (C=O) groups is 6. The smallest absolute Gasteiger partial charge is 0.334 e. The fourth-order valence-electron chi connectivity index (χ4n) is 2.16. The summed E-state index contributed by atoms with van der Waals surface area (Å²) in [7, 11) is 0. The molecule has 0 saturated carbocycles. The Bertz CT molecular complexity index is 744. The maximum absolute atomic E-state index is 12.0. The zero-order valence-electron chi connectivity index (χ0n) is 18.1. The van der Waals surface area contributed by atoms with E-state index in [1.165, 1.54) is 0 Å². The SMILES string of the molecule is C=C(CC(=O)O)C(=O)OCC(CC)(COC(=O)C(=C)CC(=O)O)COC(=O)C(=C)CC(=O)O. The second-order valence-corrected chi connectivity index (χ2v) is 7.10. The normalized spacial score (nSPS) is 10.5. The third-order valence-corrected chi connectivity index (χ3v) is 4.24. The minimum absolute atomic E-state index is 0.100. The van der Waals surface area contributed by atoms with Crippen molar-refractivity contribution in [2.24, 2.45) is 5.41 Å². The number of carboxylic acid groups (broad SMARTS) is 3. The van der Waals surface area contributed by atoms with Crippen LogP contribution < -0.4 is 0 Å². The fraction of sp³-hybridized carbons (Fsp3) is 0.429. The largest absolute Gasteiger partial charge is 0.481 e. The molecular formula is C21H26O12. The van der Waals surface area contributed by atoms with E-state index in [1.807, 2.05) is 0 Å². The lowest BCUT2D eigenvalue weighted by atomic mass is 9.88. The van der Waals surface area contributed by atoms with Gasteiger partial charge in [0.25, 0.3) is 0 Å². The van der Waals surface area contributed by atoms with Gasteiger partial charge in [-0.2, -0.15) is 0 Å². The minimum atomic E-state index is -1.34. The fourth-order valence-corrected chi connectivity index (χ4v) is 2.16. The van der Waals surface area contributed by atoms with Crippen molar-refractivity contribution in [1.29, 1.82) is 0 Å². The average Bonchev–Trinajstić information content (AvgIpc) is 2.71. The van der Waals surface area contributed by atoms with Crippen molar-refractivity contribution >= 4 is 35.8 Å². The number of esters is 3. The zero-order valence-corrected chi connectivity index (χ0v) is 18.1. The first-order valence-electron chi connectivity index (χ1n) is 9.43. The number of carbonyl (C=O) groups excluding carboxylic acids is 3. The van der Waals surface area contributed by atoms with Gasteiger partial charge in [0.05, 0.1) is 24.7 Å². The summed E-state index contributed by atoms with van der Waals surface area (Å²) >= 11 is 0. The highest BCUT2D eigenvalue weighted by Crippen LogP contribution is 2.26. The molecule has 33 heavy (non-hydrogen) atoms. The Morgan fingerprint density at radius 3 is 1.03 bits per heavy atom. The van der Waals surface area contributed by atoms with Crippen LogP contribution in [0.3, 0.4) is 0 Å². The van der Waals surface area contributed by atoms with Gasteiger partial charge in [0.2, 0.25) is 0 Å². The highest BCUT2D eigenvalue weighted by atomic mass is 16.6. The minimum Gasteiger partial charge on any atom is -0.481 e. The topological polar surface area (TPSA) is 191 Å². The van der Waals surface area contributed by atoms with Crippen molar-refractivity contribution in [3.8, 4) is 0 Å². The molecule has 0 bridgehead atoms. The molecule has 182 valence electrons. The summed E-state index contributed by atoms with van der Waals surface area (Å²) in [4.78, 5) is 68.2. The van der Waals surface area contributed by atoms with Crippen molar-refractivity contribution in [3.05, 3.63) is 36.5 Å². The first-order valence-corrected chi connectivity index (χ1v) is 9.43. The summed E-state index contributed by atoms with van der Waals surface area (Å²) in [6.45, 7) is 10.0. The van der Waals surface area contributed by atoms with Crippen molar-refractivity contribution in [3.63, 3.8) is 0 Å². The van der Waals surface area contributed by atoms with Gasteiger partial charge < -0.3 is 29.5 Å². The van der Waals surface area contributed by atoms with Crippen LogP contribution in [0, 0.1) is 5.41 Å². The molecule has 0 saturated heterocycles. The first-order chi connectivity index (χ1) is 15.2. The molecule has 0 aliphatic carbocycles. The third-order valence-electron chi connectivity index (χ3n) is 4.24. The third kappa shape index (κ3) is 11.3. The Hall–Kier alpha value is -3.96. The van der Waals surface area contributed by atoms with Crippen molar-refractivity contribution in [1.82, 2.24) is 0 Å². The molecule has 0 atom stereocenters. The quantitative estimate of drug-likeness (QED) is 0.166. The molecule has 12 nitrogen and oxygen atoms in total. The lowest BCUT2D eigenvalue weighted by Crippen LogP contribution is -2.39. The molecule has 0 unspecified atom stereocenters. The van der Waals surface area contributed by atoms with Crippen LogP contribution in [0.15, 0.2) is 36.5 Å². The van der Waals surface area contributed by atoms with E-state index in [0.29, 0.717) is 0 Å². The number of aliphatic carboxylic acids is 3. The van der Waals surface area contributed by atoms with Gasteiger partial charge in [-0.15, -0.1) is 0 Å². The van der Waals surface area contributed by atoms with Crippen LogP contribution in [0.1, 0.15) is 32.6 Å². The monoisotopic (exact) mass is 470 g/mol. The lowest BCUT2D eigenvalue weighted by Gasteiger charge is -2.31. The molecule has 0 spiro atoms. The Morgan fingerprint density at radius 1 is 0.606 bits per heavy atom. The first kappa shape index (κ1) is 29.0. The van der Waals surface area contributed by atoms with Gasteiger partial charge in [-0.05, 0) is 6.42 Å². The van der Waals surface area contributed by atoms with E-state index in [2.05, 4.69) is 19.7 Å². The van der Waals surface area contributed by atoms with Gasteiger partial charge >= 0.3 is 35.8 Å². The van der Waals surface area contributed by atoms with Crippen molar-refractivity contribution in [2.45, 2.75) is 32.6 Å². The molecule has 0 aliphatic heterocycles. The van der Waals surface area contributed by atoms with Crippen LogP contribution in [-0.4, -0.2) is 71.0 Å². The summed E-state index contributed by atoms with van der Waals surface area (Å²) in [5.41, 5.74) is -2.40. The van der Waals surface area contributed by atoms with Gasteiger partial charge in [-0.3, -0.25) is 14.4 Å². The Balaban J connectivity index is 5.44. The van der Waals surface area contributed by atoms with Gasteiger partial charge in [0, 0.05) is 16.7 Å². The Labute approximate surface area is 189 Å². The van der Waals surface area contributed by atoms with E-state index >= 15 is 0 Å². The van der Waals surface area contributed by atoms with E-state index in [9.17, 15) is 28.8 Å². The van der Waals surface area contributed by atoms with Crippen LogP contribution >= 0.6 is 0 Å². The van der Waals surface area contributed by atoms with Gasteiger partial charge in [0.15, 0.2) is 0 Å². The summed E-state index contributed by atoms with van der Waals surface area (Å²) < 4.78 is 15.2. The molecule has 3 N–H and O–H groups in total. The molecule has 0 aliphatic rings. The number of hydrogen-bond donors (Lipinski definition) is 3. The molecule has 0 aromatic carbocycles. The highest BCUT2D eigenvalue weighted by Gasteiger charge is 2.35. The molecule has 0 heterocycles. The van der Waals surface area contributed by atoms with E-state index in [0.717, 1.165) is 0 Å². The predicted octanol–water partition coefficient (Wildman–Crippen LogP) is 1.11. The van der Waals surface area contributed by atoms with Gasteiger partial charge in [-0.25, -0.2) is 14.4 Å². The van der Waals surface area contributed by atoms with E-state index in [1.54, 1.807) is 6.92 Å². The second-order valence-electron chi connectivity index (χ2n) is 7.10. The van der Waals surface area contributed by atoms with Crippen LogP contribution in [0.4, 0.5) is 0 Å². The van der Waals surface area contributed by atoms with Crippen LogP contribution in [0.2, 0.25) is 0 Å². The van der Waals surface area contributed by atoms with Crippen LogP contribution in [0.5, 0.6) is 0 Å². The maximum atomic E-state index is 12.0. The maximum Gasteiger partial charge on any atom is 0.334 e. The molecule has 0 aromatic heterocycles. The van der Waals surface area contributed by atoms with Gasteiger partial charge in [0.1, 0.15) is 19.8 Å². The second kappa shape index (κ2) is 13.5. The number of hydrogen-bond acceptors (Lipinski definition) is 9. The molecule has 0 aromatic rings.